The molecule has 0 aliphatic carbocycles. The minimum absolute atomic E-state index is 0.171. The Kier molecular flexibility index (Phi) is 3.35. The Balaban J connectivity index is 2.27. The second kappa shape index (κ2) is 5.09. The number of aromatic nitrogens is 1. The van der Waals surface area contributed by atoms with Crippen LogP contribution in [0.25, 0.3) is 16.5 Å². The molecule has 1 aliphatic rings. The van der Waals surface area contributed by atoms with Crippen molar-refractivity contribution in [2.24, 2.45) is 0 Å². The van der Waals surface area contributed by atoms with Crippen molar-refractivity contribution >= 4 is 22.4 Å². The van der Waals surface area contributed by atoms with Crippen molar-refractivity contribution in [1.29, 1.82) is 0 Å². The lowest BCUT2D eigenvalue weighted by Gasteiger charge is -2.24. The minimum Gasteiger partial charge on any atom is -0.508 e. The van der Waals surface area contributed by atoms with Gasteiger partial charge in [0, 0.05) is 35.1 Å². The van der Waals surface area contributed by atoms with Crippen molar-refractivity contribution in [3.8, 4) is 5.75 Å². The van der Waals surface area contributed by atoms with Gasteiger partial charge in [-0.05, 0) is 24.6 Å². The van der Waals surface area contributed by atoms with Crippen LogP contribution in [0.1, 0.15) is 32.0 Å². The van der Waals surface area contributed by atoms with Crippen LogP contribution in [0.5, 0.6) is 5.75 Å². The van der Waals surface area contributed by atoms with Crippen molar-refractivity contribution in [2.45, 2.75) is 26.2 Å². The van der Waals surface area contributed by atoms with Crippen LogP contribution in [0.2, 0.25) is 0 Å². The number of hydrogen-bond donors (Lipinski definition) is 3. The highest BCUT2D eigenvalue weighted by Gasteiger charge is 2.33. The Bertz CT molecular complexity index is 772. The minimum atomic E-state index is -0.357. The van der Waals surface area contributed by atoms with E-state index < -0.39 is 0 Å². The maximum atomic E-state index is 12.3. The zero-order valence-electron chi connectivity index (χ0n) is 13.0. The number of rotatable bonds is 2. The number of nitrogens with one attached hydrogen (secondary N) is 2. The van der Waals surface area contributed by atoms with E-state index in [4.69, 9.17) is 4.74 Å². The molecule has 0 saturated heterocycles. The number of carbonyl (C=O) groups is 1. The maximum Gasteiger partial charge on any atom is 0.341 e. The number of aromatic hydroxyl groups is 1. The fraction of sp³-hybridized carbons (Fsp3) is 0.353. The van der Waals surface area contributed by atoms with Gasteiger partial charge in [0.25, 0.3) is 0 Å². The molecule has 5 heteroatoms. The first-order chi connectivity index (χ1) is 10.4. The number of phenolic OH excluding ortho intramolecular Hbond substituents is 1. The van der Waals surface area contributed by atoms with E-state index >= 15 is 0 Å². The van der Waals surface area contributed by atoms with Crippen molar-refractivity contribution in [3.05, 3.63) is 35.7 Å². The molecule has 0 fully saturated rings. The molecule has 5 nitrogen and oxygen atoms in total. The van der Waals surface area contributed by atoms with E-state index in [1.807, 2.05) is 6.07 Å². The third-order valence-electron chi connectivity index (χ3n) is 4.01. The van der Waals surface area contributed by atoms with Gasteiger partial charge in [-0.15, -0.1) is 0 Å². The molecular formula is C17H20N2O3. The molecule has 2 heterocycles. The molecule has 3 rings (SSSR count). The molecule has 0 unspecified atom stereocenters. The van der Waals surface area contributed by atoms with E-state index in [2.05, 4.69) is 24.1 Å². The third-order valence-corrected chi connectivity index (χ3v) is 4.01. The van der Waals surface area contributed by atoms with Gasteiger partial charge in [0.05, 0.1) is 17.9 Å². The van der Waals surface area contributed by atoms with E-state index in [-0.39, 0.29) is 17.1 Å². The lowest BCUT2D eigenvalue weighted by molar-refractivity contribution is -0.136. The summed E-state index contributed by atoms with van der Waals surface area (Å²) < 4.78 is 5.17. The number of benzene rings is 1. The second-order valence-corrected chi connectivity index (χ2v) is 6.15. The normalized spacial score (nSPS) is 16.4. The molecular weight excluding hydrogens is 280 g/mol. The number of carbonyl (C=O) groups excluding carboxylic acids is 1. The Hall–Kier alpha value is -2.43. The summed E-state index contributed by atoms with van der Waals surface area (Å²) in [6, 6.07) is 5.23. The van der Waals surface area contributed by atoms with E-state index in [0.29, 0.717) is 18.7 Å². The van der Waals surface area contributed by atoms with E-state index in [1.54, 1.807) is 25.3 Å². The number of esters is 1. The fourth-order valence-electron chi connectivity index (χ4n) is 3.03. The Morgan fingerprint density at radius 3 is 2.91 bits per heavy atom. The first-order valence-electron chi connectivity index (χ1n) is 7.40. The number of aromatic amines is 1. The van der Waals surface area contributed by atoms with Gasteiger partial charge in [0.15, 0.2) is 0 Å². The van der Waals surface area contributed by atoms with Gasteiger partial charge < -0.3 is 20.1 Å². The summed E-state index contributed by atoms with van der Waals surface area (Å²) in [6.07, 6.45) is 1.71. The van der Waals surface area contributed by atoms with Gasteiger partial charge in [0.1, 0.15) is 5.75 Å². The van der Waals surface area contributed by atoms with Gasteiger partial charge in [-0.1, -0.05) is 13.8 Å². The van der Waals surface area contributed by atoms with Crippen LogP contribution in [0, 0.1) is 0 Å². The van der Waals surface area contributed by atoms with Gasteiger partial charge in [0.2, 0.25) is 0 Å². The molecule has 1 aliphatic heterocycles. The monoisotopic (exact) mass is 300 g/mol. The highest BCUT2D eigenvalue weighted by molar-refractivity contribution is 6.17. The zero-order valence-corrected chi connectivity index (χ0v) is 13.0. The summed E-state index contributed by atoms with van der Waals surface area (Å²) in [5.74, 6) is -0.161. The van der Waals surface area contributed by atoms with Gasteiger partial charge >= 0.3 is 5.97 Å². The summed E-state index contributed by atoms with van der Waals surface area (Å²) in [6.45, 7) is 7.07. The first-order valence-corrected chi connectivity index (χ1v) is 7.40. The lowest BCUT2D eigenvalue weighted by Crippen LogP contribution is -2.29. The highest BCUT2D eigenvalue weighted by Crippen LogP contribution is 2.39. The van der Waals surface area contributed by atoms with Gasteiger partial charge in [-0.3, -0.25) is 0 Å². The highest BCUT2D eigenvalue weighted by atomic mass is 16.5. The first kappa shape index (κ1) is 14.5. The number of ether oxygens (including phenoxy) is 1. The molecule has 1 aromatic carbocycles. The number of H-pyrrole nitrogens is 1. The molecule has 0 saturated carbocycles. The summed E-state index contributed by atoms with van der Waals surface area (Å²) in [4.78, 5) is 15.5. The van der Waals surface area contributed by atoms with Crippen molar-refractivity contribution in [2.75, 3.05) is 13.2 Å². The average Bonchev–Trinajstić information content (AvgIpc) is 2.76. The Morgan fingerprint density at radius 1 is 1.41 bits per heavy atom. The Morgan fingerprint density at radius 2 is 2.18 bits per heavy atom. The molecule has 3 N–H and O–H groups in total. The SMILES string of the molecule is CCOC(=O)C1=CNCC(C)(C)c2c1[nH]c1cc(O)ccc21. The predicted molar refractivity (Wildman–Crippen MR) is 85.6 cm³/mol. The average molecular weight is 300 g/mol. The lowest BCUT2D eigenvalue weighted by atomic mass is 9.82. The van der Waals surface area contributed by atoms with Crippen molar-refractivity contribution in [1.82, 2.24) is 10.3 Å². The van der Waals surface area contributed by atoms with Crippen LogP contribution in [0.3, 0.4) is 0 Å². The van der Waals surface area contributed by atoms with Crippen molar-refractivity contribution in [3.63, 3.8) is 0 Å². The van der Waals surface area contributed by atoms with Crippen LogP contribution in [0.4, 0.5) is 0 Å². The number of phenols is 1. The largest absolute Gasteiger partial charge is 0.508 e. The quantitative estimate of drug-likeness (QED) is 0.745. The van der Waals surface area contributed by atoms with Crippen LogP contribution in [-0.4, -0.2) is 29.2 Å². The van der Waals surface area contributed by atoms with Crippen LogP contribution < -0.4 is 5.32 Å². The smallest absolute Gasteiger partial charge is 0.341 e. The molecule has 0 amide bonds. The summed E-state index contributed by atoms with van der Waals surface area (Å²) in [5.41, 5.74) is 2.95. The predicted octanol–water partition coefficient (Wildman–Crippen LogP) is 2.66. The summed E-state index contributed by atoms with van der Waals surface area (Å²) in [7, 11) is 0. The molecule has 1 aromatic heterocycles. The van der Waals surface area contributed by atoms with Gasteiger partial charge in [-0.2, -0.15) is 0 Å². The van der Waals surface area contributed by atoms with Crippen LogP contribution in [-0.2, 0) is 14.9 Å². The van der Waals surface area contributed by atoms with Crippen LogP contribution in [0.15, 0.2) is 24.4 Å². The molecule has 22 heavy (non-hydrogen) atoms. The molecule has 0 atom stereocenters. The molecule has 0 radical (unpaired) electrons. The zero-order chi connectivity index (χ0) is 15.9. The Labute approximate surface area is 129 Å². The molecule has 0 bridgehead atoms. The van der Waals surface area contributed by atoms with E-state index in [0.717, 1.165) is 22.2 Å². The molecule has 2 aromatic rings. The summed E-state index contributed by atoms with van der Waals surface area (Å²) in [5, 5.41) is 13.9. The van der Waals surface area contributed by atoms with Gasteiger partial charge in [-0.25, -0.2) is 4.79 Å². The van der Waals surface area contributed by atoms with E-state index in [9.17, 15) is 9.90 Å². The van der Waals surface area contributed by atoms with E-state index in [1.165, 1.54) is 0 Å². The molecule has 0 spiro atoms. The van der Waals surface area contributed by atoms with Crippen LogP contribution >= 0.6 is 0 Å². The maximum absolute atomic E-state index is 12.3. The standard InChI is InChI=1S/C17H20N2O3/c1-4-22-16(21)12-8-18-9-17(2,3)14-11-6-5-10(20)7-13(11)19-15(12)14/h5-8,18-20H,4,9H2,1-3H3. The number of fused-ring (bicyclic) bond motifs is 3. The second-order valence-electron chi connectivity index (χ2n) is 6.15. The topological polar surface area (TPSA) is 74.3 Å². The number of hydrogen-bond acceptors (Lipinski definition) is 4. The van der Waals surface area contributed by atoms with Crippen molar-refractivity contribution < 1.29 is 14.6 Å². The fourth-order valence-corrected chi connectivity index (χ4v) is 3.03. The third kappa shape index (κ3) is 2.22. The summed E-state index contributed by atoms with van der Waals surface area (Å²) >= 11 is 0. The molecule has 116 valence electrons.